The molecule has 0 atom stereocenters. The highest BCUT2D eigenvalue weighted by molar-refractivity contribution is 6.07. The number of amides is 1. The van der Waals surface area contributed by atoms with E-state index in [1.165, 1.54) is 19.1 Å². The van der Waals surface area contributed by atoms with Gasteiger partial charge in [-0.1, -0.05) is 18.2 Å². The van der Waals surface area contributed by atoms with Crippen LogP contribution in [0.2, 0.25) is 0 Å². The number of aromatic nitrogens is 3. The van der Waals surface area contributed by atoms with Gasteiger partial charge in [-0.15, -0.1) is 9.89 Å². The number of anilines is 1. The lowest BCUT2D eigenvalue weighted by molar-refractivity contribution is -0.393. The Hall–Kier alpha value is -4.68. The molecule has 0 bridgehead atoms. The zero-order valence-electron chi connectivity index (χ0n) is 16.9. The van der Waals surface area contributed by atoms with Crippen molar-refractivity contribution in [2.45, 2.75) is 13.8 Å². The molecular weight excluding hydrogens is 424 g/mol. The van der Waals surface area contributed by atoms with Gasteiger partial charge in [0, 0.05) is 11.6 Å². The third-order valence-electron chi connectivity index (χ3n) is 4.34. The van der Waals surface area contributed by atoms with Gasteiger partial charge in [-0.25, -0.2) is 4.79 Å². The standard InChI is InChI=1S/C19H16N6O7/c1-3-32-19(27)17-12(2)23(21-20-17)22(18(26)13-7-5-4-6-8-13)15-10-9-14(24(28)29)11-16(15)25(30)31/h4-11H,3H2,1-2H3. The van der Waals surface area contributed by atoms with Crippen LogP contribution in [0, 0.1) is 27.2 Å². The average Bonchev–Trinajstić information content (AvgIpc) is 3.15. The summed E-state index contributed by atoms with van der Waals surface area (Å²) < 4.78 is 4.92. The van der Waals surface area contributed by atoms with Crippen LogP contribution >= 0.6 is 0 Å². The molecule has 0 N–H and O–H groups in total. The molecule has 0 aliphatic carbocycles. The highest BCUT2D eigenvalue weighted by Crippen LogP contribution is 2.33. The van der Waals surface area contributed by atoms with Crippen molar-refractivity contribution in [2.24, 2.45) is 0 Å². The van der Waals surface area contributed by atoms with Crippen LogP contribution in [0.3, 0.4) is 0 Å². The summed E-state index contributed by atoms with van der Waals surface area (Å²) in [4.78, 5) is 47.6. The fourth-order valence-corrected chi connectivity index (χ4v) is 2.85. The van der Waals surface area contributed by atoms with E-state index in [0.29, 0.717) is 0 Å². The number of nitro groups is 2. The maximum absolute atomic E-state index is 13.4. The molecule has 0 fully saturated rings. The van der Waals surface area contributed by atoms with Gasteiger partial charge in [0.25, 0.3) is 11.6 Å². The SMILES string of the molecule is CCOC(=O)c1nnn(N(C(=O)c2ccccc2)c2ccc([N+](=O)[O-])cc2[N+](=O)[O-])c1C. The molecule has 0 spiro atoms. The van der Waals surface area contributed by atoms with Crippen molar-refractivity contribution in [1.29, 1.82) is 0 Å². The quantitative estimate of drug-likeness (QED) is 0.305. The smallest absolute Gasteiger partial charge is 0.360 e. The first-order valence-electron chi connectivity index (χ1n) is 9.18. The Kier molecular flexibility index (Phi) is 6.19. The molecule has 0 saturated carbocycles. The Morgan fingerprint density at radius 2 is 1.78 bits per heavy atom. The van der Waals surface area contributed by atoms with Gasteiger partial charge in [-0.2, -0.15) is 5.01 Å². The number of nitro benzene ring substituents is 2. The van der Waals surface area contributed by atoms with Gasteiger partial charge in [0.15, 0.2) is 5.69 Å². The number of nitrogens with zero attached hydrogens (tertiary/aromatic N) is 6. The van der Waals surface area contributed by atoms with Gasteiger partial charge in [0.2, 0.25) is 0 Å². The van der Waals surface area contributed by atoms with Crippen molar-refractivity contribution in [2.75, 3.05) is 11.6 Å². The number of rotatable bonds is 7. The van der Waals surface area contributed by atoms with E-state index >= 15 is 0 Å². The van der Waals surface area contributed by atoms with Gasteiger partial charge >= 0.3 is 11.7 Å². The number of esters is 1. The minimum atomic E-state index is -0.855. The van der Waals surface area contributed by atoms with Crippen LogP contribution in [0.1, 0.15) is 33.5 Å². The first-order valence-corrected chi connectivity index (χ1v) is 9.18. The normalized spacial score (nSPS) is 10.4. The number of carbonyl (C=O) groups excluding carboxylic acids is 2. The van der Waals surface area contributed by atoms with Crippen molar-refractivity contribution in [3.63, 3.8) is 0 Å². The molecule has 0 aliphatic rings. The van der Waals surface area contributed by atoms with E-state index in [1.54, 1.807) is 25.1 Å². The summed E-state index contributed by atoms with van der Waals surface area (Å²) in [6.45, 7) is 3.10. The van der Waals surface area contributed by atoms with E-state index < -0.39 is 33.1 Å². The summed E-state index contributed by atoms with van der Waals surface area (Å²) >= 11 is 0. The summed E-state index contributed by atoms with van der Waals surface area (Å²) in [5.74, 6) is -1.53. The fourth-order valence-electron chi connectivity index (χ4n) is 2.85. The molecular formula is C19H16N6O7. The van der Waals surface area contributed by atoms with Crippen LogP contribution in [-0.4, -0.2) is 43.4 Å². The van der Waals surface area contributed by atoms with Crippen LogP contribution in [0.15, 0.2) is 48.5 Å². The lowest BCUT2D eigenvalue weighted by atomic mass is 10.2. The van der Waals surface area contributed by atoms with E-state index in [0.717, 1.165) is 28.0 Å². The number of carbonyl (C=O) groups is 2. The number of benzene rings is 2. The van der Waals surface area contributed by atoms with Crippen molar-refractivity contribution < 1.29 is 24.2 Å². The number of hydrogen-bond donors (Lipinski definition) is 0. The average molecular weight is 440 g/mol. The molecule has 1 amide bonds. The second kappa shape index (κ2) is 8.99. The van der Waals surface area contributed by atoms with Crippen LogP contribution in [0.5, 0.6) is 0 Å². The Labute approximate surface area is 180 Å². The zero-order chi connectivity index (χ0) is 23.4. The lowest BCUT2D eigenvalue weighted by Crippen LogP contribution is -2.38. The first kappa shape index (κ1) is 22.0. The summed E-state index contributed by atoms with van der Waals surface area (Å²) in [5, 5.41) is 31.2. The van der Waals surface area contributed by atoms with Crippen molar-refractivity contribution in [3.05, 3.63) is 85.7 Å². The van der Waals surface area contributed by atoms with Gasteiger partial charge in [0.05, 0.1) is 28.2 Å². The number of non-ortho nitro benzene ring substituents is 1. The van der Waals surface area contributed by atoms with E-state index in [4.69, 9.17) is 4.74 Å². The van der Waals surface area contributed by atoms with E-state index in [9.17, 15) is 29.8 Å². The Morgan fingerprint density at radius 1 is 1.09 bits per heavy atom. The minimum Gasteiger partial charge on any atom is -0.461 e. The van der Waals surface area contributed by atoms with Crippen molar-refractivity contribution in [1.82, 2.24) is 15.1 Å². The highest BCUT2D eigenvalue weighted by atomic mass is 16.6. The van der Waals surface area contributed by atoms with Gasteiger partial charge in [-0.05, 0) is 37.3 Å². The molecule has 0 unspecified atom stereocenters. The minimum absolute atomic E-state index is 0.0698. The second-order valence-electron chi connectivity index (χ2n) is 6.30. The molecule has 1 aromatic heterocycles. The molecule has 13 heteroatoms. The summed E-state index contributed by atoms with van der Waals surface area (Å²) in [5.41, 5.74) is -1.53. The molecule has 164 valence electrons. The summed E-state index contributed by atoms with van der Waals surface area (Å²) in [7, 11) is 0. The Bertz CT molecular complexity index is 1210. The monoisotopic (exact) mass is 440 g/mol. The Balaban J connectivity index is 2.24. The van der Waals surface area contributed by atoms with Gasteiger partial charge < -0.3 is 4.74 Å². The van der Waals surface area contributed by atoms with Crippen molar-refractivity contribution >= 4 is 28.9 Å². The van der Waals surface area contributed by atoms with E-state index in [2.05, 4.69) is 10.3 Å². The first-order chi connectivity index (χ1) is 15.3. The third-order valence-corrected chi connectivity index (χ3v) is 4.34. The predicted molar refractivity (Wildman–Crippen MR) is 109 cm³/mol. The predicted octanol–water partition coefficient (Wildman–Crippen LogP) is 2.69. The van der Waals surface area contributed by atoms with E-state index in [1.807, 2.05) is 0 Å². The van der Waals surface area contributed by atoms with Crippen LogP contribution < -0.4 is 5.01 Å². The molecule has 0 aliphatic heterocycles. The largest absolute Gasteiger partial charge is 0.461 e. The molecule has 32 heavy (non-hydrogen) atoms. The van der Waals surface area contributed by atoms with E-state index in [-0.39, 0.29) is 29.2 Å². The highest BCUT2D eigenvalue weighted by Gasteiger charge is 2.32. The molecule has 0 saturated heterocycles. The number of hydrogen-bond acceptors (Lipinski definition) is 9. The zero-order valence-corrected chi connectivity index (χ0v) is 16.9. The summed E-state index contributed by atoms with van der Waals surface area (Å²) in [6, 6.07) is 10.6. The lowest BCUT2D eigenvalue weighted by Gasteiger charge is -2.23. The molecule has 13 nitrogen and oxygen atoms in total. The molecule has 3 aromatic rings. The number of ether oxygens (including phenoxy) is 1. The molecule has 1 heterocycles. The van der Waals surface area contributed by atoms with Gasteiger partial charge in [0.1, 0.15) is 5.69 Å². The van der Waals surface area contributed by atoms with Crippen LogP contribution in [-0.2, 0) is 4.74 Å². The molecule has 0 radical (unpaired) electrons. The fraction of sp³-hybridized carbons (Fsp3) is 0.158. The molecule has 2 aromatic carbocycles. The van der Waals surface area contributed by atoms with Crippen LogP contribution in [0.25, 0.3) is 0 Å². The third kappa shape index (κ3) is 4.12. The topological polar surface area (TPSA) is 164 Å². The second-order valence-corrected chi connectivity index (χ2v) is 6.30. The van der Waals surface area contributed by atoms with Crippen LogP contribution in [0.4, 0.5) is 17.1 Å². The summed E-state index contributed by atoms with van der Waals surface area (Å²) in [6.07, 6.45) is 0. The molecule has 3 rings (SSSR count). The maximum atomic E-state index is 13.4. The Morgan fingerprint density at radius 3 is 2.38 bits per heavy atom. The van der Waals surface area contributed by atoms with Crippen molar-refractivity contribution in [3.8, 4) is 0 Å². The van der Waals surface area contributed by atoms with Gasteiger partial charge in [-0.3, -0.25) is 25.0 Å². The maximum Gasteiger partial charge on any atom is 0.360 e.